The van der Waals surface area contributed by atoms with E-state index in [1.54, 1.807) is 10.3 Å². The average molecular weight is 283 g/mol. The van der Waals surface area contributed by atoms with Crippen LogP contribution in [0.4, 0.5) is 9.18 Å². The largest absolute Gasteiger partial charge is 0.452 e. The predicted octanol–water partition coefficient (Wildman–Crippen LogP) is 1.03. The summed E-state index contributed by atoms with van der Waals surface area (Å²) in [6.45, 7) is 0. The first-order valence-electron chi connectivity index (χ1n) is 4.17. The molecule has 17 heavy (non-hydrogen) atoms. The van der Waals surface area contributed by atoms with Gasteiger partial charge in [-0.15, -0.1) is 4.83 Å². The topological polar surface area (TPSA) is 84.5 Å². The van der Waals surface area contributed by atoms with Crippen molar-refractivity contribution in [3.63, 3.8) is 0 Å². The van der Waals surface area contributed by atoms with Gasteiger partial charge in [0, 0.05) is 5.02 Å². The van der Waals surface area contributed by atoms with E-state index in [4.69, 9.17) is 11.6 Å². The van der Waals surface area contributed by atoms with Crippen LogP contribution in [0.3, 0.4) is 0 Å². The van der Waals surface area contributed by atoms with Crippen molar-refractivity contribution < 1.29 is 22.3 Å². The molecule has 0 aliphatic heterocycles. The standard InChI is InChI=1S/C8H8ClFN2O4S/c1-16-8(13)11-12-17(14,15)7-3-2-5(9)4-6(7)10/h2-4,12H,1H3,(H,11,13). The summed E-state index contributed by atoms with van der Waals surface area (Å²) in [7, 11) is -3.16. The molecule has 0 atom stereocenters. The van der Waals surface area contributed by atoms with Crippen LogP contribution in [0.5, 0.6) is 0 Å². The smallest absolute Gasteiger partial charge is 0.422 e. The van der Waals surface area contributed by atoms with Crippen molar-refractivity contribution in [1.82, 2.24) is 10.3 Å². The number of hydrogen-bond donors (Lipinski definition) is 2. The summed E-state index contributed by atoms with van der Waals surface area (Å²) in [6, 6.07) is 3.02. The third-order valence-corrected chi connectivity index (χ3v) is 3.17. The number of amides is 1. The van der Waals surface area contributed by atoms with Crippen LogP contribution in [-0.4, -0.2) is 21.6 Å². The molecule has 0 saturated carbocycles. The van der Waals surface area contributed by atoms with Gasteiger partial charge in [0.15, 0.2) is 0 Å². The van der Waals surface area contributed by atoms with E-state index >= 15 is 0 Å². The van der Waals surface area contributed by atoms with Gasteiger partial charge in [0.25, 0.3) is 10.0 Å². The molecule has 0 radical (unpaired) electrons. The number of halogens is 2. The number of carbonyl (C=O) groups is 1. The van der Waals surface area contributed by atoms with E-state index in [0.717, 1.165) is 19.2 Å². The number of rotatable bonds is 3. The number of ether oxygens (including phenoxy) is 1. The van der Waals surface area contributed by atoms with Crippen molar-refractivity contribution in [3.05, 3.63) is 29.0 Å². The Hall–Kier alpha value is -1.38. The number of benzene rings is 1. The first kappa shape index (κ1) is 13.7. The second kappa shape index (κ2) is 5.30. The first-order chi connectivity index (χ1) is 7.86. The number of hydrogen-bond acceptors (Lipinski definition) is 4. The summed E-state index contributed by atoms with van der Waals surface area (Å²) in [5.74, 6) is -1.03. The minimum absolute atomic E-state index is 0.0578. The van der Waals surface area contributed by atoms with E-state index in [2.05, 4.69) is 4.74 Å². The number of nitrogens with one attached hydrogen (secondary N) is 2. The van der Waals surface area contributed by atoms with E-state index in [1.165, 1.54) is 6.07 Å². The Balaban J connectivity index is 2.94. The number of methoxy groups -OCH3 is 1. The maximum atomic E-state index is 13.3. The van der Waals surface area contributed by atoms with Gasteiger partial charge in [0.05, 0.1) is 7.11 Å². The van der Waals surface area contributed by atoms with E-state index < -0.39 is 26.8 Å². The summed E-state index contributed by atoms with van der Waals surface area (Å²) in [6.07, 6.45) is -1.03. The molecule has 1 amide bonds. The lowest BCUT2D eigenvalue weighted by Gasteiger charge is -2.08. The van der Waals surface area contributed by atoms with Crippen molar-refractivity contribution >= 4 is 27.7 Å². The minimum Gasteiger partial charge on any atom is -0.452 e. The minimum atomic E-state index is -4.21. The van der Waals surface area contributed by atoms with E-state index in [-0.39, 0.29) is 5.02 Å². The zero-order valence-corrected chi connectivity index (χ0v) is 10.1. The second-order valence-electron chi connectivity index (χ2n) is 2.80. The Morgan fingerprint density at radius 1 is 1.47 bits per heavy atom. The van der Waals surface area contributed by atoms with E-state index in [1.807, 2.05) is 0 Å². The fraction of sp³-hybridized carbons (Fsp3) is 0.125. The Bertz CT molecular complexity index is 534. The normalized spacial score (nSPS) is 11.0. The van der Waals surface area contributed by atoms with Crippen LogP contribution >= 0.6 is 11.6 Å². The van der Waals surface area contributed by atoms with Crippen LogP contribution in [0, 0.1) is 5.82 Å². The molecule has 0 saturated heterocycles. The van der Waals surface area contributed by atoms with E-state index in [0.29, 0.717) is 0 Å². The number of sulfonamides is 1. The molecule has 2 N–H and O–H groups in total. The zero-order valence-electron chi connectivity index (χ0n) is 8.53. The molecule has 1 aromatic rings. The molecule has 0 aromatic heterocycles. The van der Waals surface area contributed by atoms with Gasteiger partial charge < -0.3 is 4.74 Å². The molecule has 0 fully saturated rings. The highest BCUT2D eigenvalue weighted by Crippen LogP contribution is 2.18. The summed E-state index contributed by atoms with van der Waals surface area (Å²) in [5, 5.41) is 0.0578. The third-order valence-electron chi connectivity index (χ3n) is 1.66. The average Bonchev–Trinajstić information content (AvgIpc) is 2.25. The SMILES string of the molecule is COC(=O)NNS(=O)(=O)c1ccc(Cl)cc1F. The highest BCUT2D eigenvalue weighted by atomic mass is 35.5. The van der Waals surface area contributed by atoms with Crippen molar-refractivity contribution in [2.24, 2.45) is 0 Å². The quantitative estimate of drug-likeness (QED) is 0.811. The lowest BCUT2D eigenvalue weighted by atomic mass is 10.3. The van der Waals surface area contributed by atoms with Gasteiger partial charge in [-0.3, -0.25) is 0 Å². The van der Waals surface area contributed by atoms with Crippen molar-refractivity contribution in [1.29, 1.82) is 0 Å². The third kappa shape index (κ3) is 3.55. The summed E-state index contributed by atoms with van der Waals surface area (Å²) >= 11 is 5.47. The summed E-state index contributed by atoms with van der Waals surface area (Å²) in [4.78, 5) is 11.7. The zero-order chi connectivity index (χ0) is 13.1. The lowest BCUT2D eigenvalue weighted by Crippen LogP contribution is -2.41. The van der Waals surface area contributed by atoms with Crippen LogP contribution in [-0.2, 0) is 14.8 Å². The van der Waals surface area contributed by atoms with Crippen LogP contribution in [0.25, 0.3) is 0 Å². The van der Waals surface area contributed by atoms with Gasteiger partial charge >= 0.3 is 6.09 Å². The molecule has 0 heterocycles. The maximum Gasteiger partial charge on any atom is 0.422 e. The van der Waals surface area contributed by atoms with Gasteiger partial charge in [0.1, 0.15) is 10.7 Å². The van der Waals surface area contributed by atoms with Crippen LogP contribution in [0.1, 0.15) is 0 Å². The van der Waals surface area contributed by atoms with Crippen LogP contribution < -0.4 is 10.3 Å². The van der Waals surface area contributed by atoms with Crippen LogP contribution in [0.2, 0.25) is 5.02 Å². The van der Waals surface area contributed by atoms with Crippen LogP contribution in [0.15, 0.2) is 23.1 Å². The molecule has 9 heteroatoms. The van der Waals surface area contributed by atoms with Crippen molar-refractivity contribution in [2.45, 2.75) is 4.90 Å². The highest BCUT2D eigenvalue weighted by Gasteiger charge is 2.19. The molecular formula is C8H8ClFN2O4S. The molecule has 1 rings (SSSR count). The molecular weight excluding hydrogens is 275 g/mol. The van der Waals surface area contributed by atoms with Crippen molar-refractivity contribution in [3.8, 4) is 0 Å². The molecule has 1 aromatic carbocycles. The predicted molar refractivity (Wildman–Crippen MR) is 57.3 cm³/mol. The van der Waals surface area contributed by atoms with Gasteiger partial charge in [-0.2, -0.15) is 0 Å². The van der Waals surface area contributed by atoms with E-state index in [9.17, 15) is 17.6 Å². The Morgan fingerprint density at radius 3 is 2.65 bits per heavy atom. The maximum absolute atomic E-state index is 13.3. The van der Waals surface area contributed by atoms with Crippen molar-refractivity contribution in [2.75, 3.05) is 7.11 Å². The summed E-state index contributed by atoms with van der Waals surface area (Å²) < 4.78 is 40.5. The number of carbonyl (C=O) groups excluding carboxylic acids is 1. The summed E-state index contributed by atoms with van der Waals surface area (Å²) in [5.41, 5.74) is 1.71. The Kier molecular flexibility index (Phi) is 4.27. The highest BCUT2D eigenvalue weighted by molar-refractivity contribution is 7.89. The Labute approximate surface area is 102 Å². The lowest BCUT2D eigenvalue weighted by molar-refractivity contribution is 0.169. The molecule has 0 aliphatic rings. The molecule has 0 bridgehead atoms. The molecule has 0 unspecified atom stereocenters. The second-order valence-corrected chi connectivity index (χ2v) is 4.88. The first-order valence-corrected chi connectivity index (χ1v) is 6.04. The molecule has 94 valence electrons. The van der Waals surface area contributed by atoms with Gasteiger partial charge in [-0.05, 0) is 18.2 Å². The molecule has 6 nitrogen and oxygen atoms in total. The molecule has 0 spiro atoms. The fourth-order valence-electron chi connectivity index (χ4n) is 0.908. The fourth-order valence-corrected chi connectivity index (χ4v) is 1.96. The Morgan fingerprint density at radius 2 is 2.12 bits per heavy atom. The molecule has 0 aliphatic carbocycles. The van der Waals surface area contributed by atoms with Gasteiger partial charge in [-0.1, -0.05) is 11.6 Å². The van der Waals surface area contributed by atoms with Gasteiger partial charge in [0.2, 0.25) is 0 Å². The number of hydrazine groups is 1. The monoisotopic (exact) mass is 282 g/mol. The van der Waals surface area contributed by atoms with Gasteiger partial charge in [-0.25, -0.2) is 23.0 Å².